The number of fused-ring (bicyclic) bond motifs is 1. The first-order valence-electron chi connectivity index (χ1n) is 5.30. The Hall–Kier alpha value is -3.03. The highest BCUT2D eigenvalue weighted by atomic mass is 16.3. The predicted octanol–water partition coefficient (Wildman–Crippen LogP) is 0.0177. The molecule has 2 aromatic heterocycles. The van der Waals surface area contributed by atoms with Crippen LogP contribution in [0.15, 0.2) is 27.8 Å². The third kappa shape index (κ3) is 1.66. The Morgan fingerprint density at radius 1 is 1.05 bits per heavy atom. The monoisotopic (exact) mass is 260 g/mol. The van der Waals surface area contributed by atoms with Crippen molar-refractivity contribution >= 4 is 11.2 Å². The van der Waals surface area contributed by atoms with Gasteiger partial charge in [0.1, 0.15) is 11.3 Å². The van der Waals surface area contributed by atoms with Crippen LogP contribution in [0.4, 0.5) is 0 Å². The molecule has 0 aliphatic carbocycles. The van der Waals surface area contributed by atoms with Crippen LogP contribution in [0, 0.1) is 0 Å². The smallest absolute Gasteiger partial charge is 0.327 e. The molecule has 0 fully saturated rings. The summed E-state index contributed by atoms with van der Waals surface area (Å²) in [7, 11) is 0. The van der Waals surface area contributed by atoms with Gasteiger partial charge in [-0.05, 0) is 12.1 Å². The van der Waals surface area contributed by atoms with Gasteiger partial charge in [0.15, 0.2) is 17.1 Å². The van der Waals surface area contributed by atoms with Crippen LogP contribution < -0.4 is 11.2 Å². The Morgan fingerprint density at radius 3 is 2.63 bits per heavy atom. The third-order valence-electron chi connectivity index (χ3n) is 2.66. The fourth-order valence-electron chi connectivity index (χ4n) is 1.78. The molecule has 0 spiro atoms. The molecule has 0 atom stereocenters. The summed E-state index contributed by atoms with van der Waals surface area (Å²) in [5.74, 6) is -0.503. The number of rotatable bonds is 1. The van der Waals surface area contributed by atoms with Crippen molar-refractivity contribution in [3.8, 4) is 22.9 Å². The van der Waals surface area contributed by atoms with Gasteiger partial charge in [0, 0.05) is 0 Å². The van der Waals surface area contributed by atoms with E-state index >= 15 is 0 Å². The topological polar surface area (TPSA) is 135 Å². The second kappa shape index (κ2) is 3.73. The van der Waals surface area contributed by atoms with Gasteiger partial charge in [-0.25, -0.2) is 9.78 Å². The molecule has 0 unspecified atom stereocenters. The molecular formula is C11H8N4O4. The van der Waals surface area contributed by atoms with Crippen molar-refractivity contribution in [1.82, 2.24) is 19.9 Å². The van der Waals surface area contributed by atoms with Gasteiger partial charge in [0.25, 0.3) is 5.56 Å². The van der Waals surface area contributed by atoms with Gasteiger partial charge in [0.05, 0.1) is 5.56 Å². The van der Waals surface area contributed by atoms with E-state index < -0.39 is 11.2 Å². The van der Waals surface area contributed by atoms with Gasteiger partial charge in [-0.1, -0.05) is 6.07 Å². The van der Waals surface area contributed by atoms with Crippen LogP contribution in [0.5, 0.6) is 11.5 Å². The number of imidazole rings is 1. The predicted molar refractivity (Wildman–Crippen MR) is 66.1 cm³/mol. The molecule has 8 heteroatoms. The number of H-pyrrole nitrogens is 3. The van der Waals surface area contributed by atoms with Gasteiger partial charge in [0.2, 0.25) is 0 Å². The Morgan fingerprint density at radius 2 is 1.84 bits per heavy atom. The van der Waals surface area contributed by atoms with E-state index in [2.05, 4.69) is 19.9 Å². The summed E-state index contributed by atoms with van der Waals surface area (Å²) in [6, 6.07) is 4.35. The average Bonchev–Trinajstić information content (AvgIpc) is 2.76. The Balaban J connectivity index is 2.33. The molecule has 1 aromatic carbocycles. The Kier molecular flexibility index (Phi) is 2.18. The van der Waals surface area contributed by atoms with Crippen LogP contribution in [0.2, 0.25) is 0 Å². The summed E-state index contributed by atoms with van der Waals surface area (Å²) in [6.45, 7) is 0. The van der Waals surface area contributed by atoms with Gasteiger partial charge in [-0.2, -0.15) is 0 Å². The zero-order valence-electron chi connectivity index (χ0n) is 9.39. The van der Waals surface area contributed by atoms with E-state index in [1.807, 2.05) is 0 Å². The second-order valence-corrected chi connectivity index (χ2v) is 3.89. The van der Waals surface area contributed by atoms with Crippen molar-refractivity contribution in [3.05, 3.63) is 39.0 Å². The second-order valence-electron chi connectivity index (χ2n) is 3.89. The highest BCUT2D eigenvalue weighted by molar-refractivity contribution is 5.77. The minimum Gasteiger partial charge on any atom is -0.504 e. The molecule has 0 bridgehead atoms. The van der Waals surface area contributed by atoms with Gasteiger partial charge in [-0.3, -0.25) is 14.8 Å². The van der Waals surface area contributed by atoms with Crippen LogP contribution in [0.3, 0.4) is 0 Å². The highest BCUT2D eigenvalue weighted by Crippen LogP contribution is 2.34. The van der Waals surface area contributed by atoms with Crippen LogP contribution in [-0.4, -0.2) is 30.1 Å². The molecule has 0 aliphatic heterocycles. The number of aromatic amines is 3. The summed E-state index contributed by atoms with van der Waals surface area (Å²) < 4.78 is 0. The van der Waals surface area contributed by atoms with Gasteiger partial charge < -0.3 is 15.2 Å². The lowest BCUT2D eigenvalue weighted by Crippen LogP contribution is -2.21. The SMILES string of the molecule is O=c1[nH]c(=O)c2[nH]c(-c3cccc(O)c3O)nc2[nH]1. The minimum atomic E-state index is -0.671. The molecule has 19 heavy (non-hydrogen) atoms. The van der Waals surface area contributed by atoms with E-state index in [1.165, 1.54) is 18.2 Å². The highest BCUT2D eigenvalue weighted by Gasteiger charge is 2.14. The number of hydrogen-bond donors (Lipinski definition) is 5. The minimum absolute atomic E-state index is 0.0755. The normalized spacial score (nSPS) is 10.9. The zero-order valence-corrected chi connectivity index (χ0v) is 9.39. The van der Waals surface area contributed by atoms with Crippen LogP contribution >= 0.6 is 0 Å². The molecule has 96 valence electrons. The third-order valence-corrected chi connectivity index (χ3v) is 2.66. The number of para-hydroxylation sites is 1. The van der Waals surface area contributed by atoms with Gasteiger partial charge in [-0.15, -0.1) is 0 Å². The molecule has 0 radical (unpaired) electrons. The number of phenols is 2. The number of aromatic nitrogens is 4. The van der Waals surface area contributed by atoms with E-state index in [0.29, 0.717) is 0 Å². The van der Waals surface area contributed by atoms with Crippen molar-refractivity contribution in [2.24, 2.45) is 0 Å². The van der Waals surface area contributed by atoms with Crippen molar-refractivity contribution in [1.29, 1.82) is 0 Å². The van der Waals surface area contributed by atoms with Crippen molar-refractivity contribution in [2.45, 2.75) is 0 Å². The molecule has 0 saturated carbocycles. The van der Waals surface area contributed by atoms with Crippen molar-refractivity contribution < 1.29 is 10.2 Å². The largest absolute Gasteiger partial charge is 0.504 e. The number of benzene rings is 1. The number of nitrogens with zero attached hydrogens (tertiary/aromatic N) is 1. The lowest BCUT2D eigenvalue weighted by molar-refractivity contribution is 0.405. The summed E-state index contributed by atoms with van der Waals surface area (Å²) in [5.41, 5.74) is -0.909. The lowest BCUT2D eigenvalue weighted by Gasteiger charge is -2.02. The molecule has 5 N–H and O–H groups in total. The molecule has 3 rings (SSSR count). The van der Waals surface area contributed by atoms with Crippen LogP contribution in [-0.2, 0) is 0 Å². The van der Waals surface area contributed by atoms with E-state index in [0.717, 1.165) is 0 Å². The maximum absolute atomic E-state index is 11.5. The van der Waals surface area contributed by atoms with E-state index in [9.17, 15) is 19.8 Å². The molecule has 0 aliphatic rings. The molecule has 0 amide bonds. The van der Waals surface area contributed by atoms with Crippen molar-refractivity contribution in [3.63, 3.8) is 0 Å². The molecule has 2 heterocycles. The molecule has 8 nitrogen and oxygen atoms in total. The molecule has 0 saturated heterocycles. The number of nitrogens with one attached hydrogen (secondary N) is 3. The fraction of sp³-hybridized carbons (Fsp3) is 0. The summed E-state index contributed by atoms with van der Waals surface area (Å²) in [6.07, 6.45) is 0. The summed E-state index contributed by atoms with van der Waals surface area (Å²) in [5, 5.41) is 19.1. The zero-order chi connectivity index (χ0) is 13.6. The van der Waals surface area contributed by atoms with E-state index in [1.54, 1.807) is 0 Å². The van der Waals surface area contributed by atoms with Crippen molar-refractivity contribution in [2.75, 3.05) is 0 Å². The lowest BCUT2D eigenvalue weighted by atomic mass is 10.2. The number of hydrogen-bond acceptors (Lipinski definition) is 5. The number of phenolic OH excluding ortho intramolecular Hbond substituents is 2. The fourth-order valence-corrected chi connectivity index (χ4v) is 1.78. The Bertz CT molecular complexity index is 890. The maximum Gasteiger partial charge on any atom is 0.327 e. The molecule has 3 aromatic rings. The maximum atomic E-state index is 11.5. The number of aromatic hydroxyl groups is 2. The first-order chi connectivity index (χ1) is 9.06. The standard InChI is InChI=1S/C11H8N4O4/c16-5-3-1-2-4(7(5)17)8-12-6-9(13-8)14-11(19)15-10(6)18/h1-3,16-17H,(H3,12,13,14,15,18,19). The van der Waals surface area contributed by atoms with Crippen LogP contribution in [0.1, 0.15) is 0 Å². The first-order valence-corrected chi connectivity index (χ1v) is 5.30. The van der Waals surface area contributed by atoms with E-state index in [4.69, 9.17) is 0 Å². The average molecular weight is 260 g/mol. The Labute approximate surface area is 104 Å². The first kappa shape index (κ1) is 11.1. The quantitative estimate of drug-likeness (QED) is 0.393. The summed E-state index contributed by atoms with van der Waals surface area (Å²) in [4.78, 5) is 33.7. The van der Waals surface area contributed by atoms with Crippen LogP contribution in [0.25, 0.3) is 22.6 Å². The van der Waals surface area contributed by atoms with E-state index in [-0.39, 0.29) is 34.1 Å². The molecular weight excluding hydrogens is 252 g/mol. The van der Waals surface area contributed by atoms with Gasteiger partial charge >= 0.3 is 5.69 Å². The summed E-state index contributed by atoms with van der Waals surface area (Å²) >= 11 is 0.